The van der Waals surface area contributed by atoms with Gasteiger partial charge >= 0.3 is 0 Å². The van der Waals surface area contributed by atoms with Crippen LogP contribution in [-0.4, -0.2) is 32.2 Å². The fourth-order valence-corrected chi connectivity index (χ4v) is 3.11. The van der Waals surface area contributed by atoms with E-state index in [0.29, 0.717) is 24.6 Å². The molecule has 0 amide bonds. The van der Waals surface area contributed by atoms with Crippen LogP contribution in [0.25, 0.3) is 11.4 Å². The van der Waals surface area contributed by atoms with Crippen molar-refractivity contribution in [2.24, 2.45) is 0 Å². The Kier molecular flexibility index (Phi) is 4.94. The number of nitrogens with zero attached hydrogens (tertiary/aromatic N) is 2. The average molecular weight is 328 g/mol. The van der Waals surface area contributed by atoms with E-state index >= 15 is 0 Å². The fourth-order valence-electron chi connectivity index (χ4n) is 3.11. The van der Waals surface area contributed by atoms with E-state index < -0.39 is 5.60 Å². The Balaban J connectivity index is 1.69. The van der Waals surface area contributed by atoms with Gasteiger partial charge < -0.3 is 15.4 Å². The van der Waals surface area contributed by atoms with Gasteiger partial charge in [0.15, 0.2) is 0 Å². The molecule has 0 unspecified atom stereocenters. The van der Waals surface area contributed by atoms with Crippen molar-refractivity contribution in [2.45, 2.75) is 51.0 Å². The Morgan fingerprint density at radius 2 is 2.08 bits per heavy atom. The van der Waals surface area contributed by atoms with Crippen molar-refractivity contribution in [3.8, 4) is 11.4 Å². The molecule has 6 nitrogen and oxygen atoms in total. The minimum absolute atomic E-state index is 0.154. The van der Waals surface area contributed by atoms with Gasteiger partial charge in [-0.15, -0.1) is 0 Å². The molecule has 24 heavy (non-hydrogen) atoms. The summed E-state index contributed by atoms with van der Waals surface area (Å²) in [6.45, 7) is 2.48. The van der Waals surface area contributed by atoms with Gasteiger partial charge in [-0.2, -0.15) is 0 Å². The summed E-state index contributed by atoms with van der Waals surface area (Å²) in [7, 11) is 0. The highest BCUT2D eigenvalue weighted by Gasteiger charge is 2.28. The second-order valence-corrected chi connectivity index (χ2v) is 6.51. The van der Waals surface area contributed by atoms with Crippen LogP contribution in [0.1, 0.15) is 44.7 Å². The minimum Gasteiger partial charge on any atom is -0.388 e. The van der Waals surface area contributed by atoms with Crippen molar-refractivity contribution >= 4 is 5.82 Å². The lowest BCUT2D eigenvalue weighted by atomic mass is 9.85. The van der Waals surface area contributed by atoms with Gasteiger partial charge in [0, 0.05) is 30.1 Å². The lowest BCUT2D eigenvalue weighted by Gasteiger charge is -2.32. The molecule has 0 radical (unpaired) electrons. The quantitative estimate of drug-likeness (QED) is 0.784. The standard InChI is InChI=1S/C18H24N4O2/c1-2-14-10-16(23)22-17(21-14)13-6-7-15(19-11-13)20-12-18(24)8-4-3-5-9-18/h6-7,10-11,24H,2-5,8-9,12H2,1H3,(H,19,20)(H,21,22,23). The van der Waals surface area contributed by atoms with Gasteiger partial charge in [-0.3, -0.25) is 4.79 Å². The number of nitrogens with one attached hydrogen (secondary N) is 2. The summed E-state index contributed by atoms with van der Waals surface area (Å²) in [5.41, 5.74) is 0.749. The van der Waals surface area contributed by atoms with Gasteiger partial charge in [0.2, 0.25) is 0 Å². The zero-order valence-electron chi connectivity index (χ0n) is 14.0. The molecule has 2 aromatic rings. The van der Waals surface area contributed by atoms with Crippen LogP contribution in [0.4, 0.5) is 5.82 Å². The summed E-state index contributed by atoms with van der Waals surface area (Å²) in [6, 6.07) is 5.23. The van der Waals surface area contributed by atoms with Gasteiger partial charge in [0.05, 0.1) is 5.60 Å². The first kappa shape index (κ1) is 16.6. The van der Waals surface area contributed by atoms with E-state index in [-0.39, 0.29) is 5.56 Å². The molecular weight excluding hydrogens is 304 g/mol. The third kappa shape index (κ3) is 4.00. The van der Waals surface area contributed by atoms with Crippen LogP contribution in [0, 0.1) is 0 Å². The van der Waals surface area contributed by atoms with E-state index in [4.69, 9.17) is 0 Å². The van der Waals surface area contributed by atoms with E-state index in [1.54, 1.807) is 6.20 Å². The first-order chi connectivity index (χ1) is 11.6. The van der Waals surface area contributed by atoms with Crippen LogP contribution in [0.15, 0.2) is 29.2 Å². The molecule has 0 bridgehead atoms. The lowest BCUT2D eigenvalue weighted by Crippen LogP contribution is -2.38. The van der Waals surface area contributed by atoms with Crippen LogP contribution in [0.3, 0.4) is 0 Å². The summed E-state index contributed by atoms with van der Waals surface area (Å²) in [5, 5.41) is 13.7. The number of aromatic nitrogens is 3. The summed E-state index contributed by atoms with van der Waals surface area (Å²) in [5.74, 6) is 1.25. The largest absolute Gasteiger partial charge is 0.388 e. The molecule has 3 N–H and O–H groups in total. The molecule has 3 rings (SSSR count). The van der Waals surface area contributed by atoms with E-state index in [1.807, 2.05) is 19.1 Å². The number of anilines is 1. The molecule has 1 fully saturated rings. The SMILES string of the molecule is CCc1cc(=O)[nH]c(-c2ccc(NCC3(O)CCCCC3)nc2)n1. The molecule has 2 aromatic heterocycles. The molecule has 1 aliphatic carbocycles. The van der Waals surface area contributed by atoms with E-state index in [1.165, 1.54) is 12.5 Å². The predicted molar refractivity (Wildman–Crippen MR) is 94.0 cm³/mol. The molecule has 128 valence electrons. The smallest absolute Gasteiger partial charge is 0.251 e. The van der Waals surface area contributed by atoms with Gasteiger partial charge in [-0.05, 0) is 31.4 Å². The highest BCUT2D eigenvalue weighted by Crippen LogP contribution is 2.28. The first-order valence-corrected chi connectivity index (χ1v) is 8.61. The van der Waals surface area contributed by atoms with Gasteiger partial charge in [-0.25, -0.2) is 9.97 Å². The van der Waals surface area contributed by atoms with Crippen LogP contribution in [0.5, 0.6) is 0 Å². The van der Waals surface area contributed by atoms with Crippen molar-refractivity contribution in [2.75, 3.05) is 11.9 Å². The Morgan fingerprint density at radius 3 is 2.75 bits per heavy atom. The zero-order chi connectivity index (χ0) is 17.0. The number of rotatable bonds is 5. The summed E-state index contributed by atoms with van der Waals surface area (Å²) in [6.07, 6.45) is 7.44. The zero-order valence-corrected chi connectivity index (χ0v) is 14.0. The molecule has 1 saturated carbocycles. The molecule has 1 aliphatic rings. The van der Waals surface area contributed by atoms with Crippen molar-refractivity contribution in [1.82, 2.24) is 15.0 Å². The number of hydrogen-bond donors (Lipinski definition) is 3. The minimum atomic E-state index is -0.624. The molecule has 6 heteroatoms. The normalized spacial score (nSPS) is 16.8. The second kappa shape index (κ2) is 7.13. The van der Waals surface area contributed by atoms with Crippen LogP contribution < -0.4 is 10.9 Å². The van der Waals surface area contributed by atoms with Crippen molar-refractivity contribution < 1.29 is 5.11 Å². The maximum absolute atomic E-state index is 11.7. The maximum Gasteiger partial charge on any atom is 0.251 e. The van der Waals surface area contributed by atoms with Crippen LogP contribution in [0.2, 0.25) is 0 Å². The number of H-pyrrole nitrogens is 1. The summed E-state index contributed by atoms with van der Waals surface area (Å²) in [4.78, 5) is 23.2. The average Bonchev–Trinajstić information content (AvgIpc) is 2.60. The number of aromatic amines is 1. The monoisotopic (exact) mass is 328 g/mol. The molecule has 0 saturated heterocycles. The van der Waals surface area contributed by atoms with E-state index in [2.05, 4.69) is 20.3 Å². The highest BCUT2D eigenvalue weighted by molar-refractivity contribution is 5.55. The molecule has 0 aromatic carbocycles. The number of aryl methyl sites for hydroxylation is 1. The molecule has 0 aliphatic heterocycles. The van der Waals surface area contributed by atoms with Crippen molar-refractivity contribution in [1.29, 1.82) is 0 Å². The molecule has 0 spiro atoms. The fraction of sp³-hybridized carbons (Fsp3) is 0.500. The molecule has 0 atom stereocenters. The van der Waals surface area contributed by atoms with Crippen LogP contribution >= 0.6 is 0 Å². The first-order valence-electron chi connectivity index (χ1n) is 8.61. The maximum atomic E-state index is 11.7. The lowest BCUT2D eigenvalue weighted by molar-refractivity contribution is 0.0166. The Bertz CT molecular complexity index is 733. The number of hydrogen-bond acceptors (Lipinski definition) is 5. The van der Waals surface area contributed by atoms with Crippen LogP contribution in [-0.2, 0) is 6.42 Å². The third-order valence-corrected chi connectivity index (χ3v) is 4.58. The second-order valence-electron chi connectivity index (χ2n) is 6.51. The summed E-state index contributed by atoms with van der Waals surface area (Å²) >= 11 is 0. The Morgan fingerprint density at radius 1 is 1.29 bits per heavy atom. The molecule has 2 heterocycles. The van der Waals surface area contributed by atoms with Crippen molar-refractivity contribution in [3.63, 3.8) is 0 Å². The van der Waals surface area contributed by atoms with Crippen molar-refractivity contribution in [3.05, 3.63) is 40.4 Å². The van der Waals surface area contributed by atoms with Gasteiger partial charge in [-0.1, -0.05) is 26.2 Å². The van der Waals surface area contributed by atoms with Gasteiger partial charge in [0.1, 0.15) is 11.6 Å². The number of aliphatic hydroxyl groups is 1. The van der Waals surface area contributed by atoms with Gasteiger partial charge in [0.25, 0.3) is 5.56 Å². The predicted octanol–water partition coefficient (Wildman–Crippen LogP) is 2.50. The number of pyridine rings is 1. The Labute approximate surface area is 141 Å². The topological polar surface area (TPSA) is 90.9 Å². The summed E-state index contributed by atoms with van der Waals surface area (Å²) < 4.78 is 0. The van der Waals surface area contributed by atoms with E-state index in [0.717, 1.165) is 36.9 Å². The highest BCUT2D eigenvalue weighted by atomic mass is 16.3. The molecular formula is C18H24N4O2. The Hall–Kier alpha value is -2.21. The van der Waals surface area contributed by atoms with E-state index in [9.17, 15) is 9.90 Å². The third-order valence-electron chi connectivity index (χ3n) is 4.58.